The van der Waals surface area contributed by atoms with Gasteiger partial charge in [-0.1, -0.05) is 60.2 Å². The van der Waals surface area contributed by atoms with Gasteiger partial charge in [-0.15, -0.1) is 0 Å². The van der Waals surface area contributed by atoms with Crippen molar-refractivity contribution in [2.45, 2.75) is 27.7 Å². The molecule has 0 amide bonds. The quantitative estimate of drug-likeness (QED) is 0.717. The molecule has 1 aliphatic carbocycles. The zero-order valence-corrected chi connectivity index (χ0v) is 14.8. The Balaban J connectivity index is 2.40. The molecule has 0 spiro atoms. The Morgan fingerprint density at radius 3 is 2.04 bits per heavy atom. The van der Waals surface area contributed by atoms with E-state index < -0.39 is 0 Å². The van der Waals surface area contributed by atoms with Gasteiger partial charge in [0.25, 0.3) is 0 Å². The van der Waals surface area contributed by atoms with Crippen LogP contribution in [0.3, 0.4) is 0 Å². The summed E-state index contributed by atoms with van der Waals surface area (Å²) in [6.07, 6.45) is 7.87. The Hall–Kier alpha value is -2.67. The number of allylic oxidation sites excluding steroid dienone is 5. The standard InChI is InChI=1S/C23H23N/c1-15-13-17(3)22(18(4)14-15)23(19-10-6-5-9-16(19)2)20-11-7-8-12-21(20)24/h5-14,24H,1-4H3/b23-20+,24-21?. The van der Waals surface area contributed by atoms with E-state index in [1.165, 1.54) is 33.4 Å². The summed E-state index contributed by atoms with van der Waals surface area (Å²) >= 11 is 0. The molecule has 1 nitrogen and oxygen atoms in total. The van der Waals surface area contributed by atoms with E-state index in [2.05, 4.69) is 70.2 Å². The lowest BCUT2D eigenvalue weighted by atomic mass is 9.83. The first-order valence-electron chi connectivity index (χ1n) is 8.31. The van der Waals surface area contributed by atoms with Gasteiger partial charge in [0, 0.05) is 5.57 Å². The third kappa shape index (κ3) is 2.90. The van der Waals surface area contributed by atoms with Gasteiger partial charge < -0.3 is 5.41 Å². The van der Waals surface area contributed by atoms with Crippen LogP contribution in [0.2, 0.25) is 0 Å². The molecule has 1 heteroatoms. The molecule has 0 heterocycles. The third-order valence-corrected chi connectivity index (χ3v) is 4.54. The lowest BCUT2D eigenvalue weighted by Gasteiger charge is -2.21. The van der Waals surface area contributed by atoms with Gasteiger partial charge in [-0.3, -0.25) is 0 Å². The molecule has 0 unspecified atom stereocenters. The predicted octanol–water partition coefficient (Wildman–Crippen LogP) is 5.87. The molecule has 0 aromatic heterocycles. The normalized spacial score (nSPS) is 15.8. The number of rotatable bonds is 2. The summed E-state index contributed by atoms with van der Waals surface area (Å²) < 4.78 is 0. The first kappa shape index (κ1) is 16.2. The highest BCUT2D eigenvalue weighted by molar-refractivity contribution is 6.16. The van der Waals surface area contributed by atoms with E-state index in [9.17, 15) is 0 Å². The van der Waals surface area contributed by atoms with E-state index in [0.717, 1.165) is 11.1 Å². The number of hydrogen-bond acceptors (Lipinski definition) is 1. The maximum absolute atomic E-state index is 8.43. The van der Waals surface area contributed by atoms with Crippen molar-refractivity contribution in [2.75, 3.05) is 0 Å². The van der Waals surface area contributed by atoms with Gasteiger partial charge in [-0.05, 0) is 67.2 Å². The number of aryl methyl sites for hydroxylation is 4. The fourth-order valence-electron chi connectivity index (χ4n) is 3.54. The minimum absolute atomic E-state index is 0.565. The van der Waals surface area contributed by atoms with E-state index >= 15 is 0 Å². The molecule has 24 heavy (non-hydrogen) atoms. The van der Waals surface area contributed by atoms with Crippen LogP contribution in [0.15, 0.2) is 66.3 Å². The van der Waals surface area contributed by atoms with Crippen LogP contribution < -0.4 is 0 Å². The summed E-state index contributed by atoms with van der Waals surface area (Å²) in [5.74, 6) is 0. The van der Waals surface area contributed by atoms with Gasteiger partial charge in [-0.2, -0.15) is 0 Å². The largest absolute Gasteiger partial charge is 0.300 e. The zero-order chi connectivity index (χ0) is 17.3. The van der Waals surface area contributed by atoms with Crippen LogP contribution in [0.4, 0.5) is 0 Å². The molecule has 0 saturated heterocycles. The molecule has 2 aromatic carbocycles. The highest BCUT2D eigenvalue weighted by Crippen LogP contribution is 2.35. The number of benzene rings is 2. The molecule has 1 N–H and O–H groups in total. The summed E-state index contributed by atoms with van der Waals surface area (Å²) in [5, 5.41) is 8.43. The van der Waals surface area contributed by atoms with Gasteiger partial charge in [0.1, 0.15) is 0 Å². The van der Waals surface area contributed by atoms with Crippen LogP contribution in [-0.2, 0) is 0 Å². The van der Waals surface area contributed by atoms with E-state index in [4.69, 9.17) is 5.41 Å². The van der Waals surface area contributed by atoms with Crippen LogP contribution in [0.25, 0.3) is 5.57 Å². The summed E-state index contributed by atoms with van der Waals surface area (Å²) in [4.78, 5) is 0. The Kier molecular flexibility index (Phi) is 4.35. The average Bonchev–Trinajstić information content (AvgIpc) is 2.52. The average molecular weight is 313 g/mol. The summed E-state index contributed by atoms with van der Waals surface area (Å²) in [6.45, 7) is 8.61. The van der Waals surface area contributed by atoms with Crippen LogP contribution in [-0.4, -0.2) is 5.71 Å². The maximum atomic E-state index is 8.43. The maximum Gasteiger partial charge on any atom is 0.0618 e. The number of nitrogens with one attached hydrogen (secondary N) is 1. The van der Waals surface area contributed by atoms with Gasteiger partial charge >= 0.3 is 0 Å². The minimum atomic E-state index is 0.565. The summed E-state index contributed by atoms with van der Waals surface area (Å²) in [6, 6.07) is 12.9. The van der Waals surface area contributed by atoms with Crippen LogP contribution in [0.5, 0.6) is 0 Å². The molecule has 0 saturated carbocycles. The van der Waals surface area contributed by atoms with Gasteiger partial charge in [0.2, 0.25) is 0 Å². The topological polar surface area (TPSA) is 23.9 Å². The smallest absolute Gasteiger partial charge is 0.0618 e. The Bertz CT molecular complexity index is 884. The third-order valence-electron chi connectivity index (χ3n) is 4.54. The monoisotopic (exact) mass is 313 g/mol. The first-order chi connectivity index (χ1) is 11.5. The van der Waals surface area contributed by atoms with Crippen molar-refractivity contribution < 1.29 is 0 Å². The second kappa shape index (κ2) is 6.45. The number of hydrogen-bond donors (Lipinski definition) is 1. The summed E-state index contributed by atoms with van der Waals surface area (Å²) in [5.41, 5.74) is 10.2. The molecule has 0 fully saturated rings. The molecular formula is C23H23N. The van der Waals surface area contributed by atoms with Crippen molar-refractivity contribution in [3.8, 4) is 0 Å². The van der Waals surface area contributed by atoms with Crippen LogP contribution in [0, 0.1) is 33.1 Å². The highest BCUT2D eigenvalue weighted by atomic mass is 14.4. The predicted molar refractivity (Wildman–Crippen MR) is 104 cm³/mol. The minimum Gasteiger partial charge on any atom is -0.300 e. The molecule has 1 aliphatic rings. The first-order valence-corrected chi connectivity index (χ1v) is 8.31. The van der Waals surface area contributed by atoms with E-state index in [0.29, 0.717) is 5.71 Å². The van der Waals surface area contributed by atoms with Crippen molar-refractivity contribution in [1.29, 1.82) is 5.41 Å². The summed E-state index contributed by atoms with van der Waals surface area (Å²) in [7, 11) is 0. The van der Waals surface area contributed by atoms with Crippen molar-refractivity contribution >= 4 is 11.3 Å². The fraction of sp³-hybridized carbons (Fsp3) is 0.174. The van der Waals surface area contributed by atoms with Crippen molar-refractivity contribution in [3.05, 3.63) is 99.7 Å². The lowest BCUT2D eigenvalue weighted by Crippen LogP contribution is -2.07. The molecule has 0 atom stereocenters. The second-order valence-corrected chi connectivity index (χ2v) is 6.51. The lowest BCUT2D eigenvalue weighted by molar-refractivity contribution is 1.27. The van der Waals surface area contributed by atoms with Crippen molar-refractivity contribution in [1.82, 2.24) is 0 Å². The van der Waals surface area contributed by atoms with Crippen LogP contribution in [0.1, 0.15) is 33.4 Å². The molecule has 3 rings (SSSR count). The van der Waals surface area contributed by atoms with E-state index in [1.807, 2.05) is 18.2 Å². The molecule has 0 aliphatic heterocycles. The van der Waals surface area contributed by atoms with Crippen molar-refractivity contribution in [3.63, 3.8) is 0 Å². The Morgan fingerprint density at radius 2 is 1.42 bits per heavy atom. The molecule has 2 aromatic rings. The molecule has 0 radical (unpaired) electrons. The van der Waals surface area contributed by atoms with Gasteiger partial charge in [0.15, 0.2) is 0 Å². The van der Waals surface area contributed by atoms with Gasteiger partial charge in [0.05, 0.1) is 5.71 Å². The Labute approximate surface area is 144 Å². The van der Waals surface area contributed by atoms with E-state index in [1.54, 1.807) is 0 Å². The Morgan fingerprint density at radius 1 is 0.792 bits per heavy atom. The molecular weight excluding hydrogens is 290 g/mol. The zero-order valence-electron chi connectivity index (χ0n) is 14.8. The molecule has 120 valence electrons. The molecule has 0 bridgehead atoms. The van der Waals surface area contributed by atoms with Crippen LogP contribution >= 0.6 is 0 Å². The second-order valence-electron chi connectivity index (χ2n) is 6.51. The van der Waals surface area contributed by atoms with E-state index in [-0.39, 0.29) is 0 Å². The SMILES string of the molecule is Cc1cc(C)c(/C(=C2\C=CC=CC2=N)c2ccccc2C)c(C)c1. The highest BCUT2D eigenvalue weighted by Gasteiger charge is 2.19. The van der Waals surface area contributed by atoms with Gasteiger partial charge in [-0.25, -0.2) is 0 Å². The fourth-order valence-corrected chi connectivity index (χ4v) is 3.54. The van der Waals surface area contributed by atoms with Crippen molar-refractivity contribution in [2.24, 2.45) is 0 Å².